The molecular formula is C22H27ClFN3O3. The predicted molar refractivity (Wildman–Crippen MR) is 107 cm³/mol. The maximum absolute atomic E-state index is 15.3. The molecular weight excluding hydrogens is 409 g/mol. The Labute approximate surface area is 180 Å². The fourth-order valence-corrected chi connectivity index (χ4v) is 4.95. The predicted octanol–water partition coefficient (Wildman–Crippen LogP) is -1.12. The molecule has 5 rings (SSSR count). The molecule has 2 aromatic heterocycles. The molecule has 162 valence electrons. The molecule has 2 unspecified atom stereocenters. The molecule has 3 fully saturated rings. The first-order valence-electron chi connectivity index (χ1n) is 10.6. The van der Waals surface area contributed by atoms with Gasteiger partial charge in [-0.3, -0.25) is 9.20 Å². The largest absolute Gasteiger partial charge is 1.00 e. The van der Waals surface area contributed by atoms with Gasteiger partial charge in [0.1, 0.15) is 11.6 Å². The molecule has 3 heterocycles. The van der Waals surface area contributed by atoms with Crippen LogP contribution >= 0.6 is 0 Å². The maximum Gasteiger partial charge on any atom is 0.341 e. The summed E-state index contributed by atoms with van der Waals surface area (Å²) < 4.78 is 16.5. The molecule has 1 saturated heterocycles. The second-order valence-electron chi connectivity index (χ2n) is 9.14. The van der Waals surface area contributed by atoms with Crippen LogP contribution in [0.5, 0.6) is 0 Å². The van der Waals surface area contributed by atoms with Crippen LogP contribution in [0.3, 0.4) is 0 Å². The highest BCUT2D eigenvalue weighted by atomic mass is 35.5. The Morgan fingerprint density at radius 3 is 2.53 bits per heavy atom. The van der Waals surface area contributed by atoms with E-state index in [9.17, 15) is 14.7 Å². The van der Waals surface area contributed by atoms with Gasteiger partial charge in [0.05, 0.1) is 30.0 Å². The number of carboxylic acids is 1. The molecule has 3 aliphatic rings. The molecule has 2 aromatic rings. The minimum absolute atomic E-state index is 0. The molecule has 0 amide bonds. The molecule has 30 heavy (non-hydrogen) atoms. The molecule has 3 N–H and O–H groups in total. The lowest BCUT2D eigenvalue weighted by Crippen LogP contribution is -3.00. The number of aromatic nitrogens is 1. The molecule has 2 aliphatic carbocycles. The van der Waals surface area contributed by atoms with Crippen molar-refractivity contribution in [1.29, 1.82) is 0 Å². The summed E-state index contributed by atoms with van der Waals surface area (Å²) in [6.07, 6.45) is 5.68. The van der Waals surface area contributed by atoms with Gasteiger partial charge < -0.3 is 27.7 Å². The highest BCUT2D eigenvalue weighted by Crippen LogP contribution is 2.44. The van der Waals surface area contributed by atoms with Crippen LogP contribution in [-0.2, 0) is 0 Å². The quantitative estimate of drug-likeness (QED) is 0.623. The maximum atomic E-state index is 15.3. The number of quaternary nitrogens is 1. The average molecular weight is 436 g/mol. The van der Waals surface area contributed by atoms with Crippen molar-refractivity contribution in [1.82, 2.24) is 4.40 Å². The topological polar surface area (TPSA) is 78.6 Å². The first kappa shape index (κ1) is 21.1. The zero-order valence-electron chi connectivity index (χ0n) is 17.2. The van der Waals surface area contributed by atoms with Crippen molar-refractivity contribution in [3.8, 4) is 0 Å². The van der Waals surface area contributed by atoms with Gasteiger partial charge >= 0.3 is 5.97 Å². The number of carboxylic acid groups (broad SMARTS) is 1. The number of halogens is 2. The molecule has 0 radical (unpaired) electrons. The third kappa shape index (κ3) is 3.48. The van der Waals surface area contributed by atoms with Crippen molar-refractivity contribution < 1.29 is 32.0 Å². The van der Waals surface area contributed by atoms with E-state index < -0.39 is 17.3 Å². The second-order valence-corrected chi connectivity index (χ2v) is 9.14. The number of fused-ring (bicyclic) bond motifs is 1. The van der Waals surface area contributed by atoms with Crippen LogP contribution in [0.15, 0.2) is 17.1 Å². The summed E-state index contributed by atoms with van der Waals surface area (Å²) in [6, 6.07) is 2.69. The highest BCUT2D eigenvalue weighted by molar-refractivity contribution is 5.89. The normalized spacial score (nSPS) is 23.6. The number of nitrogens with two attached hydrogens (primary N) is 1. The summed E-state index contributed by atoms with van der Waals surface area (Å²) in [5.41, 5.74) is 1.88. The Morgan fingerprint density at radius 1 is 1.23 bits per heavy atom. The number of anilines is 1. The average Bonchev–Trinajstić information content (AvgIpc) is 3.56. The van der Waals surface area contributed by atoms with Crippen LogP contribution in [0.1, 0.15) is 60.0 Å². The van der Waals surface area contributed by atoms with Gasteiger partial charge in [0.15, 0.2) is 5.82 Å². The summed E-state index contributed by atoms with van der Waals surface area (Å²) in [6.45, 7) is 5.67. The molecule has 8 heteroatoms. The lowest BCUT2D eigenvalue weighted by Gasteiger charge is -2.23. The van der Waals surface area contributed by atoms with Gasteiger partial charge in [-0.15, -0.1) is 0 Å². The Hall–Kier alpha value is -2.12. The van der Waals surface area contributed by atoms with Crippen molar-refractivity contribution in [2.75, 3.05) is 18.0 Å². The highest BCUT2D eigenvalue weighted by Gasteiger charge is 2.39. The van der Waals surface area contributed by atoms with E-state index in [1.165, 1.54) is 29.5 Å². The van der Waals surface area contributed by atoms with E-state index in [0.717, 1.165) is 43.1 Å². The summed E-state index contributed by atoms with van der Waals surface area (Å²) in [5.74, 6) is -1.01. The first-order chi connectivity index (χ1) is 13.8. The summed E-state index contributed by atoms with van der Waals surface area (Å²) in [7, 11) is 0. The van der Waals surface area contributed by atoms with Crippen LogP contribution in [0.4, 0.5) is 10.1 Å². The molecule has 0 aromatic carbocycles. The number of aryl methyl sites for hydroxylation is 1. The number of hydrogen-bond acceptors (Lipinski definition) is 3. The molecule has 1 aliphatic heterocycles. The van der Waals surface area contributed by atoms with E-state index in [-0.39, 0.29) is 23.9 Å². The van der Waals surface area contributed by atoms with Crippen LogP contribution in [-0.4, -0.2) is 40.6 Å². The minimum atomic E-state index is -1.26. The smallest absolute Gasteiger partial charge is 0.341 e. The van der Waals surface area contributed by atoms with E-state index in [2.05, 4.69) is 17.1 Å². The van der Waals surface area contributed by atoms with Crippen molar-refractivity contribution in [3.05, 3.63) is 45.1 Å². The van der Waals surface area contributed by atoms with Crippen LogP contribution in [0.2, 0.25) is 0 Å². The van der Waals surface area contributed by atoms with E-state index in [1.54, 1.807) is 0 Å². The van der Waals surface area contributed by atoms with Crippen LogP contribution in [0.25, 0.3) is 5.52 Å². The number of rotatable bonds is 5. The van der Waals surface area contributed by atoms with Crippen LogP contribution < -0.4 is 28.2 Å². The van der Waals surface area contributed by atoms with Gasteiger partial charge in [0.2, 0.25) is 0 Å². The number of nitrogens with zero attached hydrogens (tertiary/aromatic N) is 2. The van der Waals surface area contributed by atoms with Crippen molar-refractivity contribution in [2.24, 2.45) is 5.92 Å². The SMILES string of the molecule is Cc1c(N2CC(C)C([NH2+]C3CC3)C2)c(F)cn2c(=O)c(C(=O)O)cc(C3CC3)c12.[Cl-]. The molecule has 0 spiro atoms. The van der Waals surface area contributed by atoms with E-state index >= 15 is 4.39 Å². The standard InChI is InChI=1S/C22H26FN3O3.ClH/c1-11-8-25(10-18(11)24-14-5-6-14)20-12(2)19-15(13-3-4-13)7-16(22(28)29)21(27)26(19)9-17(20)23;/h7,9,11,13-14,18,24H,3-6,8,10H2,1-2H3,(H,28,29);1H. The third-order valence-electron chi connectivity index (χ3n) is 6.82. The van der Waals surface area contributed by atoms with Gasteiger partial charge in [-0.1, -0.05) is 6.92 Å². The Morgan fingerprint density at radius 2 is 1.93 bits per heavy atom. The molecule has 6 nitrogen and oxygen atoms in total. The second kappa shape index (κ2) is 7.54. The van der Waals surface area contributed by atoms with Gasteiger partial charge in [0, 0.05) is 25.3 Å². The van der Waals surface area contributed by atoms with Gasteiger partial charge in [-0.2, -0.15) is 0 Å². The number of hydrogen-bond donors (Lipinski definition) is 2. The summed E-state index contributed by atoms with van der Waals surface area (Å²) in [5, 5.41) is 11.9. The Kier molecular flexibility index (Phi) is 5.31. The van der Waals surface area contributed by atoms with Crippen molar-refractivity contribution in [3.63, 3.8) is 0 Å². The monoisotopic (exact) mass is 435 g/mol. The molecule has 2 saturated carbocycles. The van der Waals surface area contributed by atoms with E-state index in [0.29, 0.717) is 23.2 Å². The third-order valence-corrected chi connectivity index (χ3v) is 6.82. The minimum Gasteiger partial charge on any atom is -1.00 e. The van der Waals surface area contributed by atoms with Crippen molar-refractivity contribution in [2.45, 2.75) is 57.5 Å². The fraction of sp³-hybridized carbons (Fsp3) is 0.545. The first-order valence-corrected chi connectivity index (χ1v) is 10.6. The van der Waals surface area contributed by atoms with E-state index in [1.807, 2.05) is 6.92 Å². The lowest BCUT2D eigenvalue weighted by atomic mass is 10.0. The van der Waals surface area contributed by atoms with Crippen molar-refractivity contribution >= 4 is 17.2 Å². The Bertz CT molecular complexity index is 1080. The molecule has 0 bridgehead atoms. The van der Waals surface area contributed by atoms with Gasteiger partial charge in [-0.25, -0.2) is 9.18 Å². The number of aromatic carboxylic acids is 1. The lowest BCUT2D eigenvalue weighted by molar-refractivity contribution is -0.703. The molecule has 2 atom stereocenters. The number of pyridine rings is 2. The summed E-state index contributed by atoms with van der Waals surface area (Å²) >= 11 is 0. The van der Waals surface area contributed by atoms with Crippen LogP contribution in [0, 0.1) is 18.7 Å². The van der Waals surface area contributed by atoms with Gasteiger partial charge in [0.25, 0.3) is 5.56 Å². The number of carbonyl (C=O) groups is 1. The summed E-state index contributed by atoms with van der Waals surface area (Å²) in [4.78, 5) is 26.4. The van der Waals surface area contributed by atoms with E-state index in [4.69, 9.17) is 0 Å². The Balaban J connectivity index is 0.00000218. The zero-order chi connectivity index (χ0) is 20.4. The fourth-order valence-electron chi connectivity index (χ4n) is 4.95. The zero-order valence-corrected chi connectivity index (χ0v) is 18.0. The van der Waals surface area contributed by atoms with Gasteiger partial charge in [-0.05, 0) is 42.9 Å².